The number of carbonyl (C=O) groups is 1. The summed E-state index contributed by atoms with van der Waals surface area (Å²) in [5.74, 6) is -6.56. The number of nitrogens with zero attached hydrogens (tertiary/aromatic N) is 4. The maximum atomic E-state index is 15.0. The highest BCUT2D eigenvalue weighted by Crippen LogP contribution is 2.35. The molecule has 1 aliphatic heterocycles. The molecule has 4 rings (SSSR count). The maximum Gasteiger partial charge on any atom is 0.493 e. The standard InChI is InChI=1S/C23H20ClF5N4O5S2/c1-32-7-6-16(13-2-4-15(24)5-3-13)14(10-32)11-37-19-8-18(26)20(9-17(19)25)40(35,36)33(22-30-12-31-39-22)38-21(34)23(27,28)29/h2-5,8-9,12,14,16H,6-7,10-11H2,1H3. The number of sulfonamides is 1. The molecule has 3 aromatic rings. The molecule has 0 N–H and O–H groups in total. The minimum absolute atomic E-state index is 0.0183. The minimum Gasteiger partial charge on any atom is -0.490 e. The molecule has 0 amide bonds. The van der Waals surface area contributed by atoms with E-state index in [1.165, 1.54) is 0 Å². The molecule has 0 spiro atoms. The van der Waals surface area contributed by atoms with Crippen LogP contribution in [0.3, 0.4) is 0 Å². The molecule has 9 nitrogen and oxygen atoms in total. The number of anilines is 1. The molecule has 1 fully saturated rings. The predicted octanol–water partition coefficient (Wildman–Crippen LogP) is 4.80. The van der Waals surface area contributed by atoms with E-state index in [0.717, 1.165) is 24.9 Å². The number of hydrogen-bond acceptors (Lipinski definition) is 9. The van der Waals surface area contributed by atoms with Crippen LogP contribution in [0.1, 0.15) is 17.9 Å². The molecule has 2 atom stereocenters. The second-order valence-electron chi connectivity index (χ2n) is 8.83. The van der Waals surface area contributed by atoms with E-state index in [-0.39, 0.29) is 36.0 Å². The lowest BCUT2D eigenvalue weighted by Crippen LogP contribution is -2.40. The number of carbonyl (C=O) groups excluding carboxylic acids is 1. The normalized spacial score (nSPS) is 18.4. The van der Waals surface area contributed by atoms with Crippen LogP contribution in [0.2, 0.25) is 5.02 Å². The van der Waals surface area contributed by atoms with Crippen molar-refractivity contribution in [2.45, 2.75) is 23.4 Å². The summed E-state index contributed by atoms with van der Waals surface area (Å²) in [5, 5.41) is -0.290. The van der Waals surface area contributed by atoms with Gasteiger partial charge in [-0.15, -0.1) is 0 Å². The molecule has 0 bridgehead atoms. The van der Waals surface area contributed by atoms with Crippen LogP contribution in [0.25, 0.3) is 0 Å². The summed E-state index contributed by atoms with van der Waals surface area (Å²) >= 11 is 6.22. The Balaban J connectivity index is 1.58. The summed E-state index contributed by atoms with van der Waals surface area (Å²) in [6.07, 6.45) is -4.08. The minimum atomic E-state index is -5.60. The van der Waals surface area contributed by atoms with Gasteiger partial charge in [-0.1, -0.05) is 28.2 Å². The molecule has 216 valence electrons. The Morgan fingerprint density at radius 1 is 1.20 bits per heavy atom. The van der Waals surface area contributed by atoms with Gasteiger partial charge in [-0.3, -0.25) is 0 Å². The van der Waals surface area contributed by atoms with Gasteiger partial charge in [-0.25, -0.2) is 18.6 Å². The lowest BCUT2D eigenvalue weighted by molar-refractivity contribution is -0.199. The zero-order valence-corrected chi connectivity index (χ0v) is 22.8. The average molecular weight is 627 g/mol. The van der Waals surface area contributed by atoms with Gasteiger partial charge in [0, 0.05) is 41.2 Å². The summed E-state index contributed by atoms with van der Waals surface area (Å²) in [4.78, 5) is 19.4. The number of ether oxygens (including phenoxy) is 1. The van der Waals surface area contributed by atoms with E-state index in [4.69, 9.17) is 16.3 Å². The fourth-order valence-corrected chi connectivity index (χ4v) is 6.26. The van der Waals surface area contributed by atoms with E-state index in [1.807, 2.05) is 19.2 Å². The highest BCUT2D eigenvalue weighted by molar-refractivity contribution is 7.92. The molecule has 40 heavy (non-hydrogen) atoms. The van der Waals surface area contributed by atoms with Crippen molar-refractivity contribution in [1.29, 1.82) is 0 Å². The van der Waals surface area contributed by atoms with Crippen molar-refractivity contribution in [3.63, 3.8) is 0 Å². The molecular weight excluding hydrogens is 607 g/mol. The average Bonchev–Trinajstić information content (AvgIpc) is 3.42. The summed E-state index contributed by atoms with van der Waals surface area (Å²) in [6, 6.07) is 7.92. The Kier molecular flexibility index (Phi) is 8.82. The van der Waals surface area contributed by atoms with E-state index in [9.17, 15) is 26.4 Å². The second kappa shape index (κ2) is 11.8. The molecular formula is C23H20ClF5N4O5S2. The van der Waals surface area contributed by atoms with E-state index in [1.54, 1.807) is 12.1 Å². The summed E-state index contributed by atoms with van der Waals surface area (Å²) < 4.78 is 103. The third kappa shape index (κ3) is 6.62. The van der Waals surface area contributed by atoms with E-state index in [2.05, 4.69) is 19.1 Å². The van der Waals surface area contributed by atoms with Crippen molar-refractivity contribution in [3.05, 3.63) is 64.9 Å². The van der Waals surface area contributed by atoms with E-state index in [0.29, 0.717) is 17.6 Å². The Hall–Kier alpha value is -3.08. The highest BCUT2D eigenvalue weighted by Gasteiger charge is 2.46. The number of benzene rings is 2. The quantitative estimate of drug-likeness (QED) is 0.260. The predicted molar refractivity (Wildman–Crippen MR) is 133 cm³/mol. The lowest BCUT2D eigenvalue weighted by Gasteiger charge is -2.37. The maximum absolute atomic E-state index is 15.0. The molecule has 2 aromatic carbocycles. The van der Waals surface area contributed by atoms with Crippen molar-refractivity contribution in [2.75, 3.05) is 31.2 Å². The van der Waals surface area contributed by atoms with Crippen molar-refractivity contribution in [2.24, 2.45) is 5.92 Å². The monoisotopic (exact) mass is 626 g/mol. The lowest BCUT2D eigenvalue weighted by atomic mass is 9.81. The van der Waals surface area contributed by atoms with Crippen LogP contribution in [-0.2, 0) is 19.7 Å². The largest absolute Gasteiger partial charge is 0.493 e. The number of alkyl halides is 3. The zero-order valence-electron chi connectivity index (χ0n) is 20.4. The van der Waals surface area contributed by atoms with Crippen LogP contribution in [0, 0.1) is 17.6 Å². The van der Waals surface area contributed by atoms with Gasteiger partial charge in [-0.2, -0.15) is 26.0 Å². The van der Waals surface area contributed by atoms with Gasteiger partial charge in [0.25, 0.3) is 5.13 Å². The third-order valence-electron chi connectivity index (χ3n) is 6.07. The fourth-order valence-electron chi connectivity index (χ4n) is 4.20. The first-order valence-electron chi connectivity index (χ1n) is 11.4. The number of hydrogen-bond donors (Lipinski definition) is 0. The van der Waals surface area contributed by atoms with Crippen molar-refractivity contribution < 1.29 is 44.7 Å². The molecule has 1 aliphatic rings. The van der Waals surface area contributed by atoms with Gasteiger partial charge in [0.15, 0.2) is 11.6 Å². The molecule has 17 heteroatoms. The molecule has 1 saturated heterocycles. The summed E-state index contributed by atoms with van der Waals surface area (Å²) in [6.45, 7) is 1.31. The van der Waals surface area contributed by atoms with Crippen LogP contribution in [-0.4, -0.2) is 61.6 Å². The van der Waals surface area contributed by atoms with Crippen LogP contribution in [0.5, 0.6) is 5.75 Å². The third-order valence-corrected chi connectivity index (χ3v) is 8.63. The van der Waals surface area contributed by atoms with Crippen molar-refractivity contribution in [1.82, 2.24) is 14.3 Å². The second-order valence-corrected chi connectivity index (χ2v) is 11.7. The smallest absolute Gasteiger partial charge is 0.490 e. The molecule has 2 heterocycles. The number of likely N-dealkylation sites (tertiary alicyclic amines) is 1. The SMILES string of the molecule is CN1CCC(c2ccc(Cl)cc2)C(COc2cc(F)c(S(=O)(=O)N(OC(=O)C(F)(F)F)c3ncns3)cc2F)C1. The number of rotatable bonds is 8. The van der Waals surface area contributed by atoms with Gasteiger partial charge >= 0.3 is 22.2 Å². The van der Waals surface area contributed by atoms with Gasteiger partial charge < -0.3 is 14.5 Å². The topological polar surface area (TPSA) is 102 Å². The van der Waals surface area contributed by atoms with Crippen LogP contribution in [0.15, 0.2) is 47.6 Å². The first-order chi connectivity index (χ1) is 18.8. The first kappa shape index (κ1) is 29.9. The number of aromatic nitrogens is 2. The summed E-state index contributed by atoms with van der Waals surface area (Å²) in [7, 11) is -3.53. The molecule has 0 radical (unpaired) electrons. The van der Waals surface area contributed by atoms with Crippen LogP contribution < -0.4 is 9.21 Å². The van der Waals surface area contributed by atoms with E-state index >= 15 is 8.78 Å². The fraction of sp³-hybridized carbons (Fsp3) is 0.348. The summed E-state index contributed by atoms with van der Waals surface area (Å²) in [5.41, 5.74) is 0.990. The van der Waals surface area contributed by atoms with Gasteiger partial charge in [-0.05, 0) is 43.6 Å². The Labute approximate surface area is 234 Å². The van der Waals surface area contributed by atoms with Gasteiger partial charge in [0.05, 0.1) is 6.61 Å². The Morgan fingerprint density at radius 3 is 2.52 bits per heavy atom. The van der Waals surface area contributed by atoms with E-state index < -0.39 is 54.0 Å². The number of halogens is 6. The number of piperidine rings is 1. The van der Waals surface area contributed by atoms with Crippen molar-refractivity contribution >= 4 is 44.3 Å². The van der Waals surface area contributed by atoms with Crippen LogP contribution in [0.4, 0.5) is 27.1 Å². The highest BCUT2D eigenvalue weighted by atomic mass is 35.5. The van der Waals surface area contributed by atoms with Crippen molar-refractivity contribution in [3.8, 4) is 5.75 Å². The zero-order chi connectivity index (χ0) is 29.2. The van der Waals surface area contributed by atoms with Gasteiger partial charge in [0.1, 0.15) is 17.0 Å². The molecule has 1 aromatic heterocycles. The van der Waals surface area contributed by atoms with Crippen LogP contribution >= 0.6 is 23.1 Å². The molecule has 2 unspecified atom stereocenters. The first-order valence-corrected chi connectivity index (χ1v) is 14.0. The molecule has 0 aliphatic carbocycles. The molecule has 0 saturated carbocycles. The van der Waals surface area contributed by atoms with Gasteiger partial charge in [0.2, 0.25) is 0 Å². The Bertz CT molecular complexity index is 1460. The Morgan fingerprint density at radius 2 is 1.90 bits per heavy atom.